The molecule has 0 aromatic carbocycles. The Balaban J connectivity index is 3.37. The normalized spacial score (nSPS) is 10.1. The third-order valence-electron chi connectivity index (χ3n) is 1.83. The van der Waals surface area contributed by atoms with Gasteiger partial charge in [0.2, 0.25) is 5.91 Å². The molecule has 0 atom stereocenters. The number of nitrogens with one attached hydrogen (secondary N) is 2. The molecule has 0 spiro atoms. The van der Waals surface area contributed by atoms with Crippen molar-refractivity contribution in [1.29, 1.82) is 0 Å². The maximum Gasteiger partial charge on any atom is 0.319 e. The minimum absolute atomic E-state index is 0.0636. The van der Waals surface area contributed by atoms with Gasteiger partial charge in [0.15, 0.2) is 0 Å². The van der Waals surface area contributed by atoms with Crippen molar-refractivity contribution in [1.82, 2.24) is 10.6 Å². The van der Waals surface area contributed by atoms with Gasteiger partial charge in [-0.1, -0.05) is 13.8 Å². The van der Waals surface area contributed by atoms with E-state index in [1.807, 2.05) is 0 Å². The molecule has 1 amide bonds. The molecule has 0 aliphatic heterocycles. The van der Waals surface area contributed by atoms with Crippen LogP contribution < -0.4 is 10.6 Å². The van der Waals surface area contributed by atoms with E-state index in [2.05, 4.69) is 29.2 Å². The summed E-state index contributed by atoms with van der Waals surface area (Å²) in [4.78, 5) is 21.8. The molecule has 88 valence electrons. The number of carbonyl (C=O) groups excluding carboxylic acids is 2. The first-order valence-corrected chi connectivity index (χ1v) is 5.10. The van der Waals surface area contributed by atoms with Crippen LogP contribution in [0.3, 0.4) is 0 Å². The van der Waals surface area contributed by atoms with Gasteiger partial charge in [-0.05, 0) is 12.3 Å². The van der Waals surface area contributed by atoms with E-state index in [9.17, 15) is 9.59 Å². The Kier molecular flexibility index (Phi) is 7.62. The van der Waals surface area contributed by atoms with Gasteiger partial charge in [-0.15, -0.1) is 0 Å². The van der Waals surface area contributed by atoms with Gasteiger partial charge in [0.1, 0.15) is 0 Å². The molecular weight excluding hydrogens is 196 g/mol. The standard InChI is InChI=1S/C10H20N2O3/c1-8(2)4-5-12-9(13)6-11-7-10(14)15-3/h8,11H,4-7H2,1-3H3,(H,12,13). The molecule has 0 aliphatic carbocycles. The molecule has 2 N–H and O–H groups in total. The smallest absolute Gasteiger partial charge is 0.319 e. The average molecular weight is 216 g/mol. The molecule has 0 rings (SSSR count). The molecule has 0 saturated heterocycles. The van der Waals surface area contributed by atoms with Gasteiger partial charge in [-0.25, -0.2) is 0 Å². The molecule has 0 heterocycles. The molecule has 0 aromatic heterocycles. The molecular formula is C10H20N2O3. The van der Waals surface area contributed by atoms with Crippen molar-refractivity contribution < 1.29 is 14.3 Å². The molecule has 0 bridgehead atoms. The minimum atomic E-state index is -0.370. The summed E-state index contributed by atoms with van der Waals surface area (Å²) < 4.78 is 4.41. The Morgan fingerprint density at radius 2 is 1.93 bits per heavy atom. The fraction of sp³-hybridized carbons (Fsp3) is 0.800. The van der Waals surface area contributed by atoms with Gasteiger partial charge in [-0.2, -0.15) is 0 Å². The van der Waals surface area contributed by atoms with E-state index >= 15 is 0 Å². The van der Waals surface area contributed by atoms with Crippen molar-refractivity contribution in [3.8, 4) is 0 Å². The van der Waals surface area contributed by atoms with Gasteiger partial charge in [0, 0.05) is 6.54 Å². The number of hydrogen-bond donors (Lipinski definition) is 2. The number of hydrogen-bond acceptors (Lipinski definition) is 4. The van der Waals surface area contributed by atoms with Crippen molar-refractivity contribution in [2.24, 2.45) is 5.92 Å². The van der Waals surface area contributed by atoms with Crippen LogP contribution in [0.4, 0.5) is 0 Å². The van der Waals surface area contributed by atoms with Crippen LogP contribution >= 0.6 is 0 Å². The zero-order valence-electron chi connectivity index (χ0n) is 9.63. The highest BCUT2D eigenvalue weighted by atomic mass is 16.5. The largest absolute Gasteiger partial charge is 0.468 e. The van der Waals surface area contributed by atoms with E-state index in [0.717, 1.165) is 6.42 Å². The van der Waals surface area contributed by atoms with Crippen LogP contribution in [0, 0.1) is 5.92 Å². The molecule has 0 radical (unpaired) electrons. The van der Waals surface area contributed by atoms with E-state index in [4.69, 9.17) is 0 Å². The van der Waals surface area contributed by atoms with Crippen molar-refractivity contribution in [2.45, 2.75) is 20.3 Å². The fourth-order valence-corrected chi connectivity index (χ4v) is 0.913. The highest BCUT2D eigenvalue weighted by molar-refractivity contribution is 5.79. The second kappa shape index (κ2) is 8.23. The first-order valence-electron chi connectivity index (χ1n) is 5.10. The first-order chi connectivity index (χ1) is 7.06. The zero-order valence-corrected chi connectivity index (χ0v) is 9.63. The minimum Gasteiger partial charge on any atom is -0.468 e. The lowest BCUT2D eigenvalue weighted by Gasteiger charge is -2.07. The predicted octanol–water partition coefficient (Wildman–Crippen LogP) is -0.0887. The number of carbonyl (C=O) groups is 2. The summed E-state index contributed by atoms with van der Waals surface area (Å²) in [6, 6.07) is 0. The van der Waals surface area contributed by atoms with Gasteiger partial charge >= 0.3 is 5.97 Å². The van der Waals surface area contributed by atoms with Crippen molar-refractivity contribution in [3.63, 3.8) is 0 Å². The van der Waals surface area contributed by atoms with E-state index in [1.54, 1.807) is 0 Å². The summed E-state index contributed by atoms with van der Waals surface area (Å²) in [6.07, 6.45) is 0.961. The number of methoxy groups -OCH3 is 1. The molecule has 0 unspecified atom stereocenters. The number of esters is 1. The predicted molar refractivity (Wildman–Crippen MR) is 57.4 cm³/mol. The van der Waals surface area contributed by atoms with Gasteiger partial charge in [-0.3, -0.25) is 14.9 Å². The van der Waals surface area contributed by atoms with E-state index < -0.39 is 0 Å². The first kappa shape index (κ1) is 13.9. The summed E-state index contributed by atoms with van der Waals surface area (Å²) in [5.74, 6) is 0.109. The molecule has 0 saturated carbocycles. The maximum atomic E-state index is 11.2. The Bertz CT molecular complexity index is 205. The third-order valence-corrected chi connectivity index (χ3v) is 1.83. The van der Waals surface area contributed by atoms with Crippen LogP contribution in [0.2, 0.25) is 0 Å². The summed E-state index contributed by atoms with van der Waals surface area (Å²) >= 11 is 0. The second-order valence-corrected chi connectivity index (χ2v) is 3.71. The molecule has 0 fully saturated rings. The summed E-state index contributed by atoms with van der Waals surface area (Å²) in [5.41, 5.74) is 0. The monoisotopic (exact) mass is 216 g/mol. The Morgan fingerprint density at radius 3 is 2.47 bits per heavy atom. The van der Waals surface area contributed by atoms with Crippen LogP contribution in [0.1, 0.15) is 20.3 Å². The molecule has 5 heteroatoms. The van der Waals surface area contributed by atoms with Gasteiger partial charge < -0.3 is 10.1 Å². The zero-order chi connectivity index (χ0) is 11.7. The van der Waals surface area contributed by atoms with Crippen LogP contribution in [-0.4, -0.2) is 38.6 Å². The van der Waals surface area contributed by atoms with Crippen LogP contribution in [-0.2, 0) is 14.3 Å². The topological polar surface area (TPSA) is 67.4 Å². The highest BCUT2D eigenvalue weighted by Crippen LogP contribution is 1.95. The lowest BCUT2D eigenvalue weighted by atomic mass is 10.1. The van der Waals surface area contributed by atoms with Crippen molar-refractivity contribution >= 4 is 11.9 Å². The second-order valence-electron chi connectivity index (χ2n) is 3.71. The van der Waals surface area contributed by atoms with Crippen LogP contribution in [0.5, 0.6) is 0 Å². The third kappa shape index (κ3) is 9.21. The van der Waals surface area contributed by atoms with E-state index in [-0.39, 0.29) is 25.0 Å². The highest BCUT2D eigenvalue weighted by Gasteiger charge is 2.03. The molecule has 5 nitrogen and oxygen atoms in total. The quantitative estimate of drug-likeness (QED) is 0.584. The van der Waals surface area contributed by atoms with Gasteiger partial charge in [0.05, 0.1) is 20.2 Å². The Morgan fingerprint density at radius 1 is 1.27 bits per heavy atom. The van der Waals surface area contributed by atoms with E-state index in [1.165, 1.54) is 7.11 Å². The van der Waals surface area contributed by atoms with Crippen molar-refractivity contribution in [2.75, 3.05) is 26.7 Å². The van der Waals surface area contributed by atoms with Crippen molar-refractivity contribution in [3.05, 3.63) is 0 Å². The van der Waals surface area contributed by atoms with Gasteiger partial charge in [0.25, 0.3) is 0 Å². The fourth-order valence-electron chi connectivity index (χ4n) is 0.913. The molecule has 15 heavy (non-hydrogen) atoms. The lowest BCUT2D eigenvalue weighted by Crippen LogP contribution is -2.37. The van der Waals surface area contributed by atoms with Crippen LogP contribution in [0.15, 0.2) is 0 Å². The average Bonchev–Trinajstić information content (AvgIpc) is 2.17. The summed E-state index contributed by atoms with van der Waals surface area (Å²) in [5, 5.41) is 5.44. The van der Waals surface area contributed by atoms with Crippen LogP contribution in [0.25, 0.3) is 0 Å². The molecule has 0 aromatic rings. The molecule has 0 aliphatic rings. The summed E-state index contributed by atoms with van der Waals surface area (Å²) in [7, 11) is 1.31. The lowest BCUT2D eigenvalue weighted by molar-refractivity contribution is -0.139. The SMILES string of the molecule is COC(=O)CNCC(=O)NCCC(C)C. The summed E-state index contributed by atoms with van der Waals surface area (Å²) in [6.45, 7) is 5.08. The Hall–Kier alpha value is -1.10. The Labute approximate surface area is 90.6 Å². The number of amides is 1. The maximum absolute atomic E-state index is 11.2. The number of ether oxygens (including phenoxy) is 1. The number of rotatable bonds is 7. The van der Waals surface area contributed by atoms with E-state index in [0.29, 0.717) is 12.5 Å².